The highest BCUT2D eigenvalue weighted by Gasteiger charge is 2.43. The van der Waals surface area contributed by atoms with Crippen LogP contribution < -0.4 is 11.2 Å². The summed E-state index contributed by atoms with van der Waals surface area (Å²) in [6, 6.07) is 0. The predicted molar refractivity (Wildman–Crippen MR) is 96.6 cm³/mol. The molecular formula is C16H27N2O5P. The van der Waals surface area contributed by atoms with E-state index >= 15 is 0 Å². The Balaban J connectivity index is 2.26. The average molecular weight is 358 g/mol. The van der Waals surface area contributed by atoms with E-state index in [1.807, 2.05) is 6.92 Å². The summed E-state index contributed by atoms with van der Waals surface area (Å²) >= 11 is 0. The molecule has 136 valence electrons. The molecule has 0 amide bonds. The summed E-state index contributed by atoms with van der Waals surface area (Å²) in [4.78, 5) is 26.1. The Morgan fingerprint density at radius 3 is 2.58 bits per heavy atom. The molecule has 1 aromatic rings. The lowest BCUT2D eigenvalue weighted by molar-refractivity contribution is -0.0404. The normalized spacial score (nSPS) is 27.5. The molecule has 0 aliphatic carbocycles. The molecule has 24 heavy (non-hydrogen) atoms. The molecule has 1 aliphatic rings. The van der Waals surface area contributed by atoms with E-state index in [0.29, 0.717) is 18.4 Å². The Labute approximate surface area is 141 Å². The number of ether oxygens (including phenoxy) is 1. The van der Waals surface area contributed by atoms with Gasteiger partial charge in [-0.25, -0.2) is 4.79 Å². The number of nitrogens with one attached hydrogen (secondary N) is 1. The smallest absolute Gasteiger partial charge is 0.330 e. The third-order valence-corrected chi connectivity index (χ3v) is 5.66. The zero-order chi connectivity index (χ0) is 18.1. The maximum absolute atomic E-state index is 12.1. The van der Waals surface area contributed by atoms with Gasteiger partial charge >= 0.3 is 5.69 Å². The largest absolute Gasteiger partial charge is 0.388 e. The number of nitrogens with zero attached hydrogens (tertiary/aromatic N) is 1. The van der Waals surface area contributed by atoms with Crippen LogP contribution in [0.1, 0.15) is 31.6 Å². The van der Waals surface area contributed by atoms with Gasteiger partial charge in [0, 0.05) is 11.8 Å². The fraction of sp³-hybridized carbons (Fsp3) is 0.688. The monoisotopic (exact) mass is 358 g/mol. The number of rotatable bonds is 6. The molecule has 2 unspecified atom stereocenters. The third kappa shape index (κ3) is 4.28. The molecule has 0 spiro atoms. The maximum atomic E-state index is 12.1. The van der Waals surface area contributed by atoms with Crippen molar-refractivity contribution in [3.8, 4) is 0 Å². The first kappa shape index (κ1) is 19.2. The van der Waals surface area contributed by atoms with Gasteiger partial charge in [-0.3, -0.25) is 14.3 Å². The lowest BCUT2D eigenvalue weighted by atomic mass is 10.1. The van der Waals surface area contributed by atoms with Crippen LogP contribution in [0.5, 0.6) is 0 Å². The number of aromatic nitrogens is 2. The number of aliphatic hydroxyl groups is 2. The second-order valence-corrected chi connectivity index (χ2v) is 11.4. The molecule has 2 heterocycles. The number of H-pyrrole nitrogens is 1. The number of aromatic amines is 1. The molecule has 8 heteroatoms. The highest BCUT2D eigenvalue weighted by molar-refractivity contribution is 7.72. The SMILES string of the molecule is C=P(C)(C)CCC1OC(n2cc(CCC)c(=O)[nH]c2=O)[C@H](O)[C@@H]1O. The Kier molecular flexibility index (Phi) is 5.91. The number of aryl methyl sites for hydroxylation is 1. The maximum Gasteiger partial charge on any atom is 0.330 e. The molecule has 1 saturated heterocycles. The standard InChI is InChI=1S/C16H27N2O5P/c1-5-6-10-9-18(16(22)17-14(10)21)15-13(20)12(19)11(23-15)7-8-24(2,3)4/h9,11-13,15,19-20H,2,5-8H2,1,3-4H3,(H,17,21,22)/t11?,12-,13-,15?/m1/s1. The Hall–Kier alpha value is -1.14. The van der Waals surface area contributed by atoms with Gasteiger partial charge < -0.3 is 14.9 Å². The van der Waals surface area contributed by atoms with Crippen molar-refractivity contribution in [2.45, 2.75) is 50.7 Å². The molecule has 4 atom stereocenters. The van der Waals surface area contributed by atoms with Crippen LogP contribution in [0.4, 0.5) is 0 Å². The summed E-state index contributed by atoms with van der Waals surface area (Å²) in [5, 5.41) is 20.5. The Morgan fingerprint density at radius 1 is 1.33 bits per heavy atom. The minimum atomic E-state index is -1.28. The molecule has 1 aromatic heterocycles. The molecule has 0 aromatic carbocycles. The van der Waals surface area contributed by atoms with Crippen molar-refractivity contribution in [1.29, 1.82) is 0 Å². The van der Waals surface area contributed by atoms with E-state index in [4.69, 9.17) is 4.74 Å². The molecule has 1 fully saturated rings. The number of hydrogen-bond donors (Lipinski definition) is 3. The summed E-state index contributed by atoms with van der Waals surface area (Å²) in [5.41, 5.74) is -0.622. The van der Waals surface area contributed by atoms with Gasteiger partial charge in [0.25, 0.3) is 5.56 Å². The van der Waals surface area contributed by atoms with Crippen LogP contribution in [0, 0.1) is 0 Å². The van der Waals surface area contributed by atoms with Gasteiger partial charge in [0.15, 0.2) is 6.23 Å². The van der Waals surface area contributed by atoms with Crippen LogP contribution in [-0.2, 0) is 11.2 Å². The van der Waals surface area contributed by atoms with Gasteiger partial charge in [-0.2, -0.15) is 0 Å². The van der Waals surface area contributed by atoms with E-state index in [1.54, 1.807) is 0 Å². The summed E-state index contributed by atoms with van der Waals surface area (Å²) in [6.45, 7) is 4.83. The van der Waals surface area contributed by atoms with Crippen LogP contribution in [-0.4, -0.2) is 63.9 Å². The summed E-state index contributed by atoms with van der Waals surface area (Å²) in [5.74, 6) is 0. The first-order valence-electron chi connectivity index (χ1n) is 8.17. The lowest BCUT2D eigenvalue weighted by Gasteiger charge is -2.19. The molecule has 7 nitrogen and oxygen atoms in total. The molecule has 0 radical (unpaired) electrons. The van der Waals surface area contributed by atoms with Crippen molar-refractivity contribution in [2.75, 3.05) is 19.5 Å². The van der Waals surface area contributed by atoms with Crippen LogP contribution in [0.15, 0.2) is 15.8 Å². The minimum Gasteiger partial charge on any atom is -0.388 e. The van der Waals surface area contributed by atoms with Crippen LogP contribution in [0.2, 0.25) is 0 Å². The van der Waals surface area contributed by atoms with Crippen LogP contribution >= 0.6 is 6.89 Å². The minimum absolute atomic E-state index is 0.425. The summed E-state index contributed by atoms with van der Waals surface area (Å²) in [6.07, 6.45) is 4.35. The average Bonchev–Trinajstić information content (AvgIpc) is 2.75. The van der Waals surface area contributed by atoms with Crippen molar-refractivity contribution in [2.24, 2.45) is 0 Å². The van der Waals surface area contributed by atoms with E-state index in [1.165, 1.54) is 10.8 Å². The lowest BCUT2D eigenvalue weighted by Crippen LogP contribution is -2.38. The second-order valence-electron chi connectivity index (χ2n) is 7.07. The molecule has 2 rings (SSSR count). The van der Waals surface area contributed by atoms with Gasteiger partial charge in [0.05, 0.1) is 6.10 Å². The topological polar surface area (TPSA) is 105 Å². The van der Waals surface area contributed by atoms with Gasteiger partial charge in [-0.05, 0) is 32.3 Å². The molecule has 3 N–H and O–H groups in total. The molecule has 0 saturated carbocycles. The number of hydrogen-bond acceptors (Lipinski definition) is 5. The first-order valence-corrected chi connectivity index (χ1v) is 11.2. The van der Waals surface area contributed by atoms with Gasteiger partial charge in [0.2, 0.25) is 0 Å². The summed E-state index contributed by atoms with van der Waals surface area (Å²) in [7, 11) is 0. The zero-order valence-corrected chi connectivity index (χ0v) is 15.3. The predicted octanol–water partition coefficient (Wildman–Crippen LogP) is 0.208. The number of aliphatic hydroxyl groups excluding tert-OH is 2. The second kappa shape index (κ2) is 7.40. The first-order chi connectivity index (χ1) is 11.1. The van der Waals surface area contributed by atoms with Crippen molar-refractivity contribution in [1.82, 2.24) is 9.55 Å². The third-order valence-electron chi connectivity index (χ3n) is 4.19. The van der Waals surface area contributed by atoms with Crippen molar-refractivity contribution < 1.29 is 14.9 Å². The molecule has 0 bridgehead atoms. The molecular weight excluding hydrogens is 331 g/mol. The van der Waals surface area contributed by atoms with Crippen molar-refractivity contribution >= 4 is 13.2 Å². The van der Waals surface area contributed by atoms with E-state index in [2.05, 4.69) is 24.6 Å². The van der Waals surface area contributed by atoms with Gasteiger partial charge in [-0.15, -0.1) is 13.2 Å². The Bertz CT molecular complexity index is 735. The van der Waals surface area contributed by atoms with Crippen molar-refractivity contribution in [3.05, 3.63) is 32.6 Å². The quantitative estimate of drug-likeness (QED) is 0.631. The fourth-order valence-corrected chi connectivity index (χ4v) is 3.79. The molecule has 1 aliphatic heterocycles. The zero-order valence-electron chi connectivity index (χ0n) is 14.4. The summed E-state index contributed by atoms with van der Waals surface area (Å²) < 4.78 is 6.92. The van der Waals surface area contributed by atoms with E-state index in [0.717, 1.165) is 12.6 Å². The van der Waals surface area contributed by atoms with Crippen LogP contribution in [0.3, 0.4) is 0 Å². The van der Waals surface area contributed by atoms with Gasteiger partial charge in [-0.1, -0.05) is 13.3 Å². The van der Waals surface area contributed by atoms with Crippen LogP contribution in [0.25, 0.3) is 0 Å². The van der Waals surface area contributed by atoms with E-state index in [9.17, 15) is 19.8 Å². The fourth-order valence-electron chi connectivity index (χ4n) is 2.84. The van der Waals surface area contributed by atoms with Crippen molar-refractivity contribution in [3.63, 3.8) is 0 Å². The van der Waals surface area contributed by atoms with E-state index < -0.39 is 42.7 Å². The Morgan fingerprint density at radius 2 is 2.00 bits per heavy atom. The highest BCUT2D eigenvalue weighted by atomic mass is 31.2. The highest BCUT2D eigenvalue weighted by Crippen LogP contribution is 2.39. The van der Waals surface area contributed by atoms with E-state index in [-0.39, 0.29) is 0 Å². The van der Waals surface area contributed by atoms with Gasteiger partial charge in [0.1, 0.15) is 12.2 Å².